The summed E-state index contributed by atoms with van der Waals surface area (Å²) >= 11 is 0. The molecule has 2 heterocycles. The van der Waals surface area contributed by atoms with E-state index in [1.807, 2.05) is 17.0 Å². The van der Waals surface area contributed by atoms with E-state index in [9.17, 15) is 4.79 Å². The Bertz CT molecular complexity index is 553. The lowest BCUT2D eigenvalue weighted by Crippen LogP contribution is -2.45. The topological polar surface area (TPSA) is 64.8 Å². The van der Waals surface area contributed by atoms with Crippen LogP contribution in [0.2, 0.25) is 0 Å². The summed E-state index contributed by atoms with van der Waals surface area (Å²) < 4.78 is 11.4. The molecule has 3 rings (SSSR count). The van der Waals surface area contributed by atoms with E-state index < -0.39 is 0 Å². The summed E-state index contributed by atoms with van der Waals surface area (Å²) in [5.41, 5.74) is 6.95. The Hall–Kier alpha value is -1.59. The number of carbonyl (C=O) groups is 1. The number of nitrogens with zero attached hydrogens (tertiary/aromatic N) is 1. The number of ether oxygens (including phenoxy) is 2. The van der Waals surface area contributed by atoms with Crippen molar-refractivity contribution in [1.82, 2.24) is 4.90 Å². The molecule has 0 saturated carbocycles. The fourth-order valence-corrected chi connectivity index (χ4v) is 3.80. The van der Waals surface area contributed by atoms with Crippen molar-refractivity contribution in [2.45, 2.75) is 31.8 Å². The second kappa shape index (κ2) is 6.89. The third-order valence-corrected chi connectivity index (χ3v) is 5.23. The second-order valence-electron chi connectivity index (χ2n) is 6.78. The van der Waals surface area contributed by atoms with Crippen molar-refractivity contribution in [2.75, 3.05) is 33.4 Å². The predicted molar refractivity (Wildman–Crippen MR) is 88.4 cm³/mol. The van der Waals surface area contributed by atoms with Crippen LogP contribution in [0, 0.1) is 5.41 Å². The normalized spacial score (nSPS) is 23.2. The molecule has 2 aliphatic heterocycles. The Labute approximate surface area is 137 Å². The SMILES string of the molecule is COc1cccc(C[C@H]2CC3(CCN(C(=O)CN)CC3)CO2)c1. The maximum atomic E-state index is 11.7. The van der Waals surface area contributed by atoms with Gasteiger partial charge in [-0.1, -0.05) is 12.1 Å². The molecule has 0 aromatic heterocycles. The average Bonchev–Trinajstić information content (AvgIpc) is 2.97. The summed E-state index contributed by atoms with van der Waals surface area (Å²) in [5.74, 6) is 0.954. The highest BCUT2D eigenvalue weighted by molar-refractivity contribution is 5.78. The molecule has 1 spiro atoms. The summed E-state index contributed by atoms with van der Waals surface area (Å²) in [6.45, 7) is 2.55. The van der Waals surface area contributed by atoms with Crippen LogP contribution in [0.3, 0.4) is 0 Å². The monoisotopic (exact) mass is 318 g/mol. The first-order valence-electron chi connectivity index (χ1n) is 8.36. The minimum absolute atomic E-state index is 0.0618. The predicted octanol–water partition coefficient (Wildman–Crippen LogP) is 1.59. The molecular formula is C18H26N2O3. The van der Waals surface area contributed by atoms with Gasteiger partial charge in [0.15, 0.2) is 0 Å². The van der Waals surface area contributed by atoms with Gasteiger partial charge in [0.25, 0.3) is 0 Å². The quantitative estimate of drug-likeness (QED) is 0.916. The summed E-state index contributed by atoms with van der Waals surface area (Å²) in [6.07, 6.45) is 4.30. The number of hydrogen-bond donors (Lipinski definition) is 1. The lowest BCUT2D eigenvalue weighted by atomic mass is 9.76. The van der Waals surface area contributed by atoms with Crippen LogP contribution in [0.5, 0.6) is 5.75 Å². The van der Waals surface area contributed by atoms with Gasteiger partial charge in [0.05, 0.1) is 26.4 Å². The van der Waals surface area contributed by atoms with E-state index in [-0.39, 0.29) is 24.0 Å². The summed E-state index contributed by atoms with van der Waals surface area (Å²) in [5, 5.41) is 0. The van der Waals surface area contributed by atoms with Gasteiger partial charge in [0.1, 0.15) is 5.75 Å². The number of likely N-dealkylation sites (tertiary alicyclic amines) is 1. The average molecular weight is 318 g/mol. The van der Waals surface area contributed by atoms with Crippen molar-refractivity contribution in [3.63, 3.8) is 0 Å². The van der Waals surface area contributed by atoms with Crippen LogP contribution in [0.1, 0.15) is 24.8 Å². The zero-order chi connectivity index (χ0) is 16.3. The molecule has 1 atom stereocenters. The highest BCUT2D eigenvalue weighted by atomic mass is 16.5. The molecule has 0 aliphatic carbocycles. The van der Waals surface area contributed by atoms with Crippen LogP contribution in [0.4, 0.5) is 0 Å². The van der Waals surface area contributed by atoms with Gasteiger partial charge in [-0.15, -0.1) is 0 Å². The minimum atomic E-state index is 0.0618. The van der Waals surface area contributed by atoms with Gasteiger partial charge >= 0.3 is 0 Å². The number of amides is 1. The fraction of sp³-hybridized carbons (Fsp3) is 0.611. The molecule has 2 fully saturated rings. The van der Waals surface area contributed by atoms with Crippen LogP contribution < -0.4 is 10.5 Å². The van der Waals surface area contributed by atoms with E-state index in [1.54, 1.807) is 7.11 Å². The Morgan fingerprint density at radius 1 is 1.43 bits per heavy atom. The second-order valence-corrected chi connectivity index (χ2v) is 6.78. The molecule has 23 heavy (non-hydrogen) atoms. The maximum absolute atomic E-state index is 11.7. The van der Waals surface area contributed by atoms with Crippen LogP contribution >= 0.6 is 0 Å². The van der Waals surface area contributed by atoms with Crippen molar-refractivity contribution >= 4 is 5.91 Å². The number of carbonyl (C=O) groups excluding carboxylic acids is 1. The molecule has 5 heteroatoms. The number of nitrogens with two attached hydrogens (primary N) is 1. The third kappa shape index (κ3) is 3.67. The molecule has 126 valence electrons. The number of rotatable bonds is 4. The molecule has 2 N–H and O–H groups in total. The molecule has 1 aromatic carbocycles. The van der Waals surface area contributed by atoms with Crippen LogP contribution in [0.25, 0.3) is 0 Å². The van der Waals surface area contributed by atoms with Crippen LogP contribution in [0.15, 0.2) is 24.3 Å². The molecule has 0 bridgehead atoms. The number of piperidine rings is 1. The van der Waals surface area contributed by atoms with Gasteiger partial charge in [0, 0.05) is 13.1 Å². The highest BCUT2D eigenvalue weighted by Gasteiger charge is 2.42. The van der Waals surface area contributed by atoms with Gasteiger partial charge in [-0.05, 0) is 48.8 Å². The van der Waals surface area contributed by atoms with Gasteiger partial charge in [-0.3, -0.25) is 4.79 Å². The van der Waals surface area contributed by atoms with Crippen molar-refractivity contribution < 1.29 is 14.3 Å². The Morgan fingerprint density at radius 3 is 2.91 bits per heavy atom. The molecule has 0 unspecified atom stereocenters. The smallest absolute Gasteiger partial charge is 0.236 e. The lowest BCUT2D eigenvalue weighted by Gasteiger charge is -2.38. The zero-order valence-electron chi connectivity index (χ0n) is 13.8. The van der Waals surface area contributed by atoms with E-state index in [4.69, 9.17) is 15.2 Å². The molecule has 2 aliphatic rings. The Morgan fingerprint density at radius 2 is 2.22 bits per heavy atom. The largest absolute Gasteiger partial charge is 0.497 e. The summed E-state index contributed by atoms with van der Waals surface area (Å²) in [4.78, 5) is 13.6. The number of benzene rings is 1. The zero-order valence-corrected chi connectivity index (χ0v) is 13.8. The standard InChI is InChI=1S/C18H26N2O3/c1-22-15-4-2-3-14(9-15)10-16-11-18(13-23-16)5-7-20(8-6-18)17(21)12-19/h2-4,9,16H,5-8,10-13,19H2,1H3/t16-/m0/s1. The first-order valence-corrected chi connectivity index (χ1v) is 8.36. The molecule has 1 aromatic rings. The van der Waals surface area contributed by atoms with Crippen molar-refractivity contribution in [2.24, 2.45) is 11.1 Å². The fourth-order valence-electron chi connectivity index (χ4n) is 3.80. The molecule has 2 saturated heterocycles. The highest BCUT2D eigenvalue weighted by Crippen LogP contribution is 2.42. The van der Waals surface area contributed by atoms with Gasteiger partial charge in [-0.2, -0.15) is 0 Å². The molecule has 1 amide bonds. The van der Waals surface area contributed by atoms with Crippen molar-refractivity contribution in [3.8, 4) is 5.75 Å². The first-order chi connectivity index (χ1) is 11.1. The van der Waals surface area contributed by atoms with Crippen molar-refractivity contribution in [1.29, 1.82) is 0 Å². The van der Waals surface area contributed by atoms with Gasteiger partial charge in [0.2, 0.25) is 5.91 Å². The van der Waals surface area contributed by atoms with E-state index in [1.165, 1.54) is 5.56 Å². The minimum Gasteiger partial charge on any atom is -0.497 e. The molecule has 5 nitrogen and oxygen atoms in total. The van der Waals surface area contributed by atoms with E-state index in [2.05, 4.69) is 12.1 Å². The van der Waals surface area contributed by atoms with E-state index >= 15 is 0 Å². The van der Waals surface area contributed by atoms with Gasteiger partial charge < -0.3 is 20.1 Å². The van der Waals surface area contributed by atoms with E-state index in [0.29, 0.717) is 0 Å². The maximum Gasteiger partial charge on any atom is 0.236 e. The van der Waals surface area contributed by atoms with Crippen molar-refractivity contribution in [3.05, 3.63) is 29.8 Å². The number of hydrogen-bond acceptors (Lipinski definition) is 4. The Balaban J connectivity index is 1.55. The molecular weight excluding hydrogens is 292 g/mol. The summed E-state index contributed by atoms with van der Waals surface area (Å²) in [7, 11) is 1.69. The van der Waals surface area contributed by atoms with E-state index in [0.717, 1.165) is 51.1 Å². The van der Waals surface area contributed by atoms with Gasteiger partial charge in [-0.25, -0.2) is 0 Å². The number of methoxy groups -OCH3 is 1. The first kappa shape index (κ1) is 16.3. The molecule has 0 radical (unpaired) electrons. The Kier molecular flexibility index (Phi) is 4.87. The lowest BCUT2D eigenvalue weighted by molar-refractivity contribution is -0.132. The van der Waals surface area contributed by atoms with Crippen LogP contribution in [-0.4, -0.2) is 50.3 Å². The van der Waals surface area contributed by atoms with Crippen LogP contribution in [-0.2, 0) is 16.0 Å². The third-order valence-electron chi connectivity index (χ3n) is 5.23. The summed E-state index contributed by atoms with van der Waals surface area (Å²) in [6, 6.07) is 8.19.